The quantitative estimate of drug-likeness (QED) is 0.767. The van der Waals surface area contributed by atoms with E-state index in [1.54, 1.807) is 7.05 Å². The Morgan fingerprint density at radius 2 is 1.89 bits per heavy atom. The molecule has 0 amide bonds. The highest BCUT2D eigenvalue weighted by atomic mass is 32.2. The maximum atomic E-state index is 12.0. The van der Waals surface area contributed by atoms with Crippen LogP contribution in [-0.4, -0.2) is 35.2 Å². The van der Waals surface area contributed by atoms with Crippen molar-refractivity contribution in [3.8, 4) is 0 Å². The Hall–Kier alpha value is -2.02. The fourth-order valence-corrected chi connectivity index (χ4v) is 2.24. The number of Topliss-reactive ketones (excluding diaryl/α,β-unsaturated/α-hetero) is 1. The zero-order chi connectivity index (χ0) is 14.0. The lowest BCUT2D eigenvalue weighted by molar-refractivity contribution is 0.0989. The van der Waals surface area contributed by atoms with E-state index in [9.17, 15) is 13.2 Å². The molecule has 1 aromatic carbocycles. The molecule has 6 nitrogen and oxygen atoms in total. The summed E-state index contributed by atoms with van der Waals surface area (Å²) in [4.78, 5) is 16.2. The Morgan fingerprint density at radius 3 is 2.37 bits per heavy atom. The number of carbonyl (C=O) groups excluding carboxylic acids is 1. The number of hydrogen-bond donors (Lipinski definition) is 0. The van der Waals surface area contributed by atoms with Crippen LogP contribution in [0.5, 0.6) is 0 Å². The first-order valence-corrected chi connectivity index (χ1v) is 7.43. The van der Waals surface area contributed by atoms with Crippen molar-refractivity contribution in [2.75, 3.05) is 6.26 Å². The van der Waals surface area contributed by atoms with Gasteiger partial charge in [-0.3, -0.25) is 9.48 Å². The van der Waals surface area contributed by atoms with Gasteiger partial charge < -0.3 is 0 Å². The minimum atomic E-state index is -3.24. The van der Waals surface area contributed by atoms with Crippen LogP contribution in [0, 0.1) is 0 Å². The predicted molar refractivity (Wildman–Crippen MR) is 68.6 cm³/mol. The van der Waals surface area contributed by atoms with Crippen LogP contribution in [0.3, 0.4) is 0 Å². The second-order valence-electron chi connectivity index (χ2n) is 4.20. The van der Waals surface area contributed by atoms with E-state index in [4.69, 9.17) is 0 Å². The zero-order valence-corrected chi connectivity index (χ0v) is 11.4. The standard InChI is InChI=1S/C12H13N3O3S/c1-15-12(13-8-14-15)7-11(16)9-3-5-10(6-4-9)19(2,17)18/h3-6,8H,7H2,1-2H3. The van der Waals surface area contributed by atoms with Crippen molar-refractivity contribution in [3.63, 3.8) is 0 Å². The normalized spacial score (nSPS) is 11.5. The summed E-state index contributed by atoms with van der Waals surface area (Å²) in [6.45, 7) is 0. The average Bonchev–Trinajstić information content (AvgIpc) is 2.74. The molecule has 0 radical (unpaired) electrons. The number of carbonyl (C=O) groups is 1. The Bertz CT molecular complexity index is 702. The fraction of sp³-hybridized carbons (Fsp3) is 0.250. The first kappa shape index (κ1) is 13.4. The van der Waals surface area contributed by atoms with Gasteiger partial charge in [-0.25, -0.2) is 13.4 Å². The fourth-order valence-electron chi connectivity index (χ4n) is 1.61. The maximum Gasteiger partial charge on any atom is 0.175 e. The Labute approximate surface area is 111 Å². The third-order valence-corrected chi connectivity index (χ3v) is 3.86. The maximum absolute atomic E-state index is 12.0. The van der Waals surface area contributed by atoms with Gasteiger partial charge in [0, 0.05) is 18.9 Å². The van der Waals surface area contributed by atoms with Gasteiger partial charge in [-0.05, 0) is 12.1 Å². The number of aryl methyl sites for hydroxylation is 1. The highest BCUT2D eigenvalue weighted by Gasteiger charge is 2.12. The number of aromatic nitrogens is 3. The lowest BCUT2D eigenvalue weighted by Crippen LogP contribution is -2.09. The minimum Gasteiger partial charge on any atom is -0.294 e. The van der Waals surface area contributed by atoms with Crippen molar-refractivity contribution in [2.24, 2.45) is 7.05 Å². The van der Waals surface area contributed by atoms with Crippen molar-refractivity contribution >= 4 is 15.6 Å². The van der Waals surface area contributed by atoms with Gasteiger partial charge in [-0.15, -0.1) is 0 Å². The molecule has 0 saturated carbocycles. The van der Waals surface area contributed by atoms with Crippen LogP contribution in [0.4, 0.5) is 0 Å². The lowest BCUT2D eigenvalue weighted by Gasteiger charge is -2.02. The van der Waals surface area contributed by atoms with E-state index in [-0.39, 0.29) is 17.1 Å². The van der Waals surface area contributed by atoms with E-state index in [0.29, 0.717) is 11.4 Å². The molecule has 0 saturated heterocycles. The lowest BCUT2D eigenvalue weighted by atomic mass is 10.1. The summed E-state index contributed by atoms with van der Waals surface area (Å²) < 4.78 is 24.1. The molecule has 0 atom stereocenters. The van der Waals surface area contributed by atoms with Crippen LogP contribution in [0.1, 0.15) is 16.2 Å². The summed E-state index contributed by atoms with van der Waals surface area (Å²) >= 11 is 0. The minimum absolute atomic E-state index is 0.129. The van der Waals surface area contributed by atoms with Crippen molar-refractivity contribution < 1.29 is 13.2 Å². The van der Waals surface area contributed by atoms with Crippen molar-refractivity contribution in [1.82, 2.24) is 14.8 Å². The average molecular weight is 279 g/mol. The van der Waals surface area contributed by atoms with Crippen LogP contribution in [-0.2, 0) is 23.3 Å². The highest BCUT2D eigenvalue weighted by molar-refractivity contribution is 7.90. The number of ketones is 1. The summed E-state index contributed by atoms with van der Waals surface area (Å²) in [6, 6.07) is 5.88. The first-order valence-electron chi connectivity index (χ1n) is 5.54. The first-order chi connectivity index (χ1) is 8.88. The summed E-state index contributed by atoms with van der Waals surface area (Å²) in [5.74, 6) is 0.438. The summed E-state index contributed by atoms with van der Waals surface area (Å²) in [5, 5.41) is 3.88. The van der Waals surface area contributed by atoms with Crippen molar-refractivity contribution in [2.45, 2.75) is 11.3 Å². The molecular weight excluding hydrogens is 266 g/mol. The van der Waals surface area contributed by atoms with Gasteiger partial charge in [-0.2, -0.15) is 5.10 Å². The molecule has 0 aliphatic carbocycles. The largest absolute Gasteiger partial charge is 0.294 e. The van der Waals surface area contributed by atoms with E-state index >= 15 is 0 Å². The van der Waals surface area contributed by atoms with Crippen LogP contribution in [0.2, 0.25) is 0 Å². The summed E-state index contributed by atoms with van der Waals surface area (Å²) in [7, 11) is -1.53. The topological polar surface area (TPSA) is 81.9 Å². The molecule has 19 heavy (non-hydrogen) atoms. The molecule has 0 aliphatic heterocycles. The van der Waals surface area contributed by atoms with Gasteiger partial charge in [0.05, 0.1) is 11.3 Å². The number of hydrogen-bond acceptors (Lipinski definition) is 5. The number of nitrogens with zero attached hydrogens (tertiary/aromatic N) is 3. The van der Waals surface area contributed by atoms with E-state index in [1.165, 1.54) is 35.3 Å². The molecule has 2 aromatic rings. The SMILES string of the molecule is Cn1ncnc1CC(=O)c1ccc(S(C)(=O)=O)cc1. The molecule has 1 heterocycles. The molecule has 2 rings (SSSR count). The van der Waals surface area contributed by atoms with Crippen LogP contribution in [0.25, 0.3) is 0 Å². The smallest absolute Gasteiger partial charge is 0.175 e. The predicted octanol–water partition coefficient (Wildman–Crippen LogP) is 0.644. The van der Waals surface area contributed by atoms with E-state index in [0.717, 1.165) is 6.26 Å². The molecule has 0 spiro atoms. The number of benzene rings is 1. The van der Waals surface area contributed by atoms with Gasteiger partial charge in [0.15, 0.2) is 15.6 Å². The number of sulfone groups is 1. The zero-order valence-electron chi connectivity index (χ0n) is 10.6. The van der Waals surface area contributed by atoms with E-state index in [1.807, 2.05) is 0 Å². The van der Waals surface area contributed by atoms with Gasteiger partial charge in [0.1, 0.15) is 12.2 Å². The number of rotatable bonds is 4. The van der Waals surface area contributed by atoms with Crippen LogP contribution in [0.15, 0.2) is 35.5 Å². The van der Waals surface area contributed by atoms with Crippen LogP contribution >= 0.6 is 0 Å². The Balaban J connectivity index is 2.19. The molecule has 7 heteroatoms. The molecular formula is C12H13N3O3S. The molecule has 0 unspecified atom stereocenters. The van der Waals surface area contributed by atoms with Gasteiger partial charge >= 0.3 is 0 Å². The highest BCUT2D eigenvalue weighted by Crippen LogP contribution is 2.12. The van der Waals surface area contributed by atoms with Crippen molar-refractivity contribution in [3.05, 3.63) is 42.0 Å². The Morgan fingerprint density at radius 1 is 1.26 bits per heavy atom. The van der Waals surface area contributed by atoms with E-state index in [2.05, 4.69) is 10.1 Å². The van der Waals surface area contributed by atoms with Crippen LogP contribution < -0.4 is 0 Å². The van der Waals surface area contributed by atoms with E-state index < -0.39 is 9.84 Å². The Kier molecular flexibility index (Phi) is 3.48. The molecule has 100 valence electrons. The second kappa shape index (κ2) is 4.93. The summed E-state index contributed by atoms with van der Waals surface area (Å²) in [5.41, 5.74) is 0.454. The molecule has 0 bridgehead atoms. The van der Waals surface area contributed by atoms with Gasteiger partial charge in [-0.1, -0.05) is 12.1 Å². The monoisotopic (exact) mass is 279 g/mol. The third-order valence-electron chi connectivity index (χ3n) is 2.73. The van der Waals surface area contributed by atoms with Crippen molar-refractivity contribution in [1.29, 1.82) is 0 Å². The van der Waals surface area contributed by atoms with Gasteiger partial charge in [0.25, 0.3) is 0 Å². The summed E-state index contributed by atoms with van der Waals surface area (Å²) in [6.07, 6.45) is 2.65. The molecule has 0 N–H and O–H groups in total. The van der Waals surface area contributed by atoms with Gasteiger partial charge in [0.2, 0.25) is 0 Å². The molecule has 1 aromatic heterocycles. The third kappa shape index (κ3) is 3.05. The molecule has 0 fully saturated rings. The molecule has 0 aliphatic rings. The second-order valence-corrected chi connectivity index (χ2v) is 6.21.